The Labute approximate surface area is 91.7 Å². The van der Waals surface area contributed by atoms with E-state index in [9.17, 15) is 0 Å². The lowest BCUT2D eigenvalue weighted by atomic mass is 10.1. The first-order valence-corrected chi connectivity index (χ1v) is 5.49. The minimum absolute atomic E-state index is 0.491. The van der Waals surface area contributed by atoms with E-state index >= 15 is 0 Å². The molecule has 0 amide bonds. The van der Waals surface area contributed by atoms with Crippen LogP contribution in [-0.2, 0) is 17.7 Å². The third-order valence-electron chi connectivity index (χ3n) is 2.24. The number of hydrogen-bond donors (Lipinski definition) is 0. The molecule has 0 saturated carbocycles. The fraction of sp³-hybridized carbons (Fsp3) is 0.818. The number of methoxy groups -OCH3 is 1. The lowest BCUT2D eigenvalue weighted by Gasteiger charge is -2.12. The van der Waals surface area contributed by atoms with Crippen molar-refractivity contribution in [2.75, 3.05) is 13.7 Å². The van der Waals surface area contributed by atoms with E-state index in [1.165, 1.54) is 0 Å². The molecular formula is C11H21N3O. The normalized spacial score (nSPS) is 13.4. The summed E-state index contributed by atoms with van der Waals surface area (Å²) in [4.78, 5) is 0. The van der Waals surface area contributed by atoms with Crippen molar-refractivity contribution in [2.24, 2.45) is 11.8 Å². The number of ether oxygens (including phenoxy) is 1. The molecule has 0 fully saturated rings. The molecule has 4 heteroatoms. The monoisotopic (exact) mass is 211 g/mol. The first-order valence-electron chi connectivity index (χ1n) is 5.49. The second-order valence-corrected chi connectivity index (χ2v) is 4.56. The Hall–Kier alpha value is -0.900. The van der Waals surface area contributed by atoms with Crippen LogP contribution in [0.1, 0.15) is 26.6 Å². The predicted molar refractivity (Wildman–Crippen MR) is 59.6 cm³/mol. The summed E-state index contributed by atoms with van der Waals surface area (Å²) in [6.45, 7) is 8.32. The summed E-state index contributed by atoms with van der Waals surface area (Å²) in [5.41, 5.74) is 0. The van der Waals surface area contributed by atoms with E-state index in [1.807, 2.05) is 6.33 Å². The molecule has 0 aliphatic heterocycles. The van der Waals surface area contributed by atoms with E-state index in [4.69, 9.17) is 4.74 Å². The van der Waals surface area contributed by atoms with Crippen molar-refractivity contribution >= 4 is 0 Å². The predicted octanol–water partition coefficient (Wildman–Crippen LogP) is 1.76. The molecule has 0 aliphatic carbocycles. The van der Waals surface area contributed by atoms with E-state index in [0.29, 0.717) is 11.8 Å². The van der Waals surface area contributed by atoms with Crippen LogP contribution in [-0.4, -0.2) is 28.5 Å². The zero-order valence-corrected chi connectivity index (χ0v) is 10.1. The van der Waals surface area contributed by atoms with Gasteiger partial charge in [-0.2, -0.15) is 0 Å². The highest BCUT2D eigenvalue weighted by molar-refractivity contribution is 4.87. The van der Waals surface area contributed by atoms with E-state index in [0.717, 1.165) is 25.4 Å². The zero-order valence-electron chi connectivity index (χ0n) is 10.1. The molecule has 86 valence electrons. The molecule has 1 aromatic rings. The molecule has 4 nitrogen and oxygen atoms in total. The van der Waals surface area contributed by atoms with Gasteiger partial charge in [-0.05, 0) is 11.8 Å². The number of rotatable bonds is 6. The largest absolute Gasteiger partial charge is 0.384 e. The average molecular weight is 211 g/mol. The molecule has 0 aromatic carbocycles. The highest BCUT2D eigenvalue weighted by Gasteiger charge is 2.10. The van der Waals surface area contributed by atoms with Gasteiger partial charge in [-0.15, -0.1) is 10.2 Å². The topological polar surface area (TPSA) is 39.9 Å². The summed E-state index contributed by atoms with van der Waals surface area (Å²) in [7, 11) is 1.73. The molecule has 0 spiro atoms. The van der Waals surface area contributed by atoms with Crippen molar-refractivity contribution < 1.29 is 4.74 Å². The molecule has 1 heterocycles. The molecule has 15 heavy (non-hydrogen) atoms. The summed E-state index contributed by atoms with van der Waals surface area (Å²) in [5.74, 6) is 2.18. The molecule has 1 aromatic heterocycles. The summed E-state index contributed by atoms with van der Waals surface area (Å²) in [5, 5.41) is 8.11. The van der Waals surface area contributed by atoms with Crippen LogP contribution in [0, 0.1) is 11.8 Å². The third-order valence-corrected chi connectivity index (χ3v) is 2.24. The van der Waals surface area contributed by atoms with Crippen LogP contribution in [0.15, 0.2) is 6.33 Å². The Morgan fingerprint density at radius 1 is 1.40 bits per heavy atom. The number of nitrogens with zero attached hydrogens (tertiary/aromatic N) is 3. The smallest absolute Gasteiger partial charge is 0.133 e. The molecule has 0 bridgehead atoms. The van der Waals surface area contributed by atoms with Gasteiger partial charge in [-0.1, -0.05) is 20.8 Å². The van der Waals surface area contributed by atoms with E-state index in [2.05, 4.69) is 35.5 Å². The first kappa shape index (κ1) is 12.2. The summed E-state index contributed by atoms with van der Waals surface area (Å²) >= 11 is 0. The van der Waals surface area contributed by atoms with Crippen LogP contribution in [0.2, 0.25) is 0 Å². The van der Waals surface area contributed by atoms with E-state index in [-0.39, 0.29) is 0 Å². The summed E-state index contributed by atoms with van der Waals surface area (Å²) in [6, 6.07) is 0. The Balaban J connectivity index is 2.56. The second-order valence-electron chi connectivity index (χ2n) is 4.56. The molecule has 1 rings (SSSR count). The molecule has 1 unspecified atom stereocenters. The minimum Gasteiger partial charge on any atom is -0.384 e. The van der Waals surface area contributed by atoms with Gasteiger partial charge in [0, 0.05) is 26.7 Å². The standard InChI is InChI=1S/C11H21N3O/c1-9(2)6-14-8-12-13-11(14)5-10(3)7-15-4/h8-10H,5-7H2,1-4H3. The minimum atomic E-state index is 0.491. The van der Waals surface area contributed by atoms with Gasteiger partial charge in [0.25, 0.3) is 0 Å². The maximum absolute atomic E-state index is 5.12. The Morgan fingerprint density at radius 3 is 2.73 bits per heavy atom. The Morgan fingerprint density at radius 2 is 2.13 bits per heavy atom. The van der Waals surface area contributed by atoms with Gasteiger partial charge in [-0.3, -0.25) is 0 Å². The molecule has 0 aliphatic rings. The van der Waals surface area contributed by atoms with Crippen LogP contribution in [0.25, 0.3) is 0 Å². The van der Waals surface area contributed by atoms with Crippen LogP contribution in [0.3, 0.4) is 0 Å². The van der Waals surface area contributed by atoms with Crippen LogP contribution >= 0.6 is 0 Å². The van der Waals surface area contributed by atoms with Gasteiger partial charge >= 0.3 is 0 Å². The Kier molecular flexibility index (Phi) is 4.75. The van der Waals surface area contributed by atoms with Gasteiger partial charge in [0.1, 0.15) is 12.2 Å². The SMILES string of the molecule is COCC(C)Cc1nncn1CC(C)C. The van der Waals surface area contributed by atoms with Crippen LogP contribution in [0.5, 0.6) is 0 Å². The van der Waals surface area contributed by atoms with Crippen LogP contribution in [0.4, 0.5) is 0 Å². The fourth-order valence-corrected chi connectivity index (χ4v) is 1.64. The van der Waals surface area contributed by atoms with Crippen molar-refractivity contribution in [3.8, 4) is 0 Å². The van der Waals surface area contributed by atoms with Crippen molar-refractivity contribution in [1.82, 2.24) is 14.8 Å². The van der Waals surface area contributed by atoms with E-state index in [1.54, 1.807) is 7.11 Å². The van der Waals surface area contributed by atoms with Crippen molar-refractivity contribution in [3.05, 3.63) is 12.2 Å². The van der Waals surface area contributed by atoms with E-state index < -0.39 is 0 Å². The summed E-state index contributed by atoms with van der Waals surface area (Å²) < 4.78 is 7.25. The maximum atomic E-state index is 5.12. The maximum Gasteiger partial charge on any atom is 0.133 e. The van der Waals surface area contributed by atoms with Gasteiger partial charge in [0.05, 0.1) is 0 Å². The molecule has 0 N–H and O–H groups in total. The molecule has 0 radical (unpaired) electrons. The van der Waals surface area contributed by atoms with Gasteiger partial charge < -0.3 is 9.30 Å². The van der Waals surface area contributed by atoms with Crippen molar-refractivity contribution in [1.29, 1.82) is 0 Å². The quantitative estimate of drug-likeness (QED) is 0.720. The average Bonchev–Trinajstić information content (AvgIpc) is 2.52. The second kappa shape index (κ2) is 5.85. The van der Waals surface area contributed by atoms with Gasteiger partial charge in [0.15, 0.2) is 0 Å². The van der Waals surface area contributed by atoms with Crippen molar-refractivity contribution in [3.63, 3.8) is 0 Å². The third kappa shape index (κ3) is 4.00. The lowest BCUT2D eigenvalue weighted by molar-refractivity contribution is 0.158. The van der Waals surface area contributed by atoms with Gasteiger partial charge in [-0.25, -0.2) is 0 Å². The van der Waals surface area contributed by atoms with Gasteiger partial charge in [0.2, 0.25) is 0 Å². The number of aromatic nitrogens is 3. The Bertz CT molecular complexity index is 283. The number of hydrogen-bond acceptors (Lipinski definition) is 3. The van der Waals surface area contributed by atoms with Crippen molar-refractivity contribution in [2.45, 2.75) is 33.7 Å². The zero-order chi connectivity index (χ0) is 11.3. The molecule has 1 atom stereocenters. The molecular weight excluding hydrogens is 190 g/mol. The fourth-order valence-electron chi connectivity index (χ4n) is 1.64. The molecule has 0 saturated heterocycles. The first-order chi connectivity index (χ1) is 7.13. The lowest BCUT2D eigenvalue weighted by Crippen LogP contribution is -2.13. The van der Waals surface area contributed by atoms with Crippen LogP contribution < -0.4 is 0 Å². The summed E-state index contributed by atoms with van der Waals surface area (Å²) in [6.07, 6.45) is 2.75. The highest BCUT2D eigenvalue weighted by Crippen LogP contribution is 2.08. The highest BCUT2D eigenvalue weighted by atomic mass is 16.5.